The van der Waals surface area contributed by atoms with E-state index < -0.39 is 0 Å². The molecule has 0 saturated carbocycles. The van der Waals surface area contributed by atoms with E-state index in [0.29, 0.717) is 0 Å². The number of hydroxylamine groups is 2. The topological polar surface area (TPSA) is 50.8 Å². The lowest BCUT2D eigenvalue weighted by atomic mass is 10.3. The van der Waals surface area contributed by atoms with Crippen molar-refractivity contribution < 1.29 is 5.21 Å². The minimum absolute atomic E-state index is 0.913. The van der Waals surface area contributed by atoms with Gasteiger partial charge in [0, 0.05) is 27.7 Å². The average Bonchev–Trinajstić information content (AvgIpc) is 2.25. The molecule has 0 aliphatic rings. The molecular formula is C12H28N4O. The molecular weight excluding hydrogens is 216 g/mol. The molecule has 0 radical (unpaired) electrons. The zero-order chi connectivity index (χ0) is 13.1. The van der Waals surface area contributed by atoms with Gasteiger partial charge in [-0.15, -0.1) is 0 Å². The molecule has 0 atom stereocenters. The molecule has 0 bridgehead atoms. The highest BCUT2D eigenvalue weighted by Gasteiger charge is 1.99. The number of nitrogens with zero attached hydrogens (tertiary/aromatic N) is 2. The number of rotatable bonds is 10. The second kappa shape index (κ2) is 10.2. The van der Waals surface area contributed by atoms with E-state index in [1.165, 1.54) is 12.8 Å². The fraction of sp³-hybridized carbons (Fsp3) is 0.833. The monoisotopic (exact) mass is 244 g/mol. The number of hydrogen-bond acceptors (Lipinski definition) is 5. The molecule has 0 unspecified atom stereocenters. The molecule has 0 fully saturated rings. The molecule has 5 heteroatoms. The third kappa shape index (κ3) is 9.96. The molecule has 3 N–H and O–H groups in total. The molecule has 0 heterocycles. The van der Waals surface area contributed by atoms with Crippen molar-refractivity contribution in [1.82, 2.24) is 20.6 Å². The minimum Gasteiger partial charge on any atom is -0.370 e. The first-order chi connectivity index (χ1) is 8.07. The third-order valence-corrected chi connectivity index (χ3v) is 2.30. The SMILES string of the molecule is CCCNCCCCN/C(=C/N(C)O)N(C)C. The lowest BCUT2D eigenvalue weighted by Crippen LogP contribution is -2.28. The van der Waals surface area contributed by atoms with Gasteiger partial charge in [-0.2, -0.15) is 0 Å². The maximum Gasteiger partial charge on any atom is 0.120 e. The number of nitrogens with one attached hydrogen (secondary N) is 2. The first-order valence-corrected chi connectivity index (χ1v) is 6.33. The van der Waals surface area contributed by atoms with Crippen LogP contribution in [0.2, 0.25) is 0 Å². The maximum atomic E-state index is 9.15. The van der Waals surface area contributed by atoms with E-state index in [1.54, 1.807) is 13.2 Å². The molecule has 0 rings (SSSR count). The Morgan fingerprint density at radius 2 is 1.76 bits per heavy atom. The Hall–Kier alpha value is -0.940. The van der Waals surface area contributed by atoms with E-state index in [1.807, 2.05) is 19.0 Å². The molecule has 0 spiro atoms. The van der Waals surface area contributed by atoms with Crippen LogP contribution in [0.3, 0.4) is 0 Å². The summed E-state index contributed by atoms with van der Waals surface area (Å²) in [5, 5.41) is 16.9. The Morgan fingerprint density at radius 3 is 2.29 bits per heavy atom. The van der Waals surface area contributed by atoms with Gasteiger partial charge in [-0.25, -0.2) is 0 Å². The summed E-state index contributed by atoms with van der Waals surface area (Å²) >= 11 is 0. The van der Waals surface area contributed by atoms with Gasteiger partial charge < -0.3 is 15.5 Å². The summed E-state index contributed by atoms with van der Waals surface area (Å²) < 4.78 is 0. The number of unbranched alkanes of at least 4 members (excludes halogenated alkanes) is 1. The van der Waals surface area contributed by atoms with Crippen LogP contribution in [0.25, 0.3) is 0 Å². The molecule has 0 aromatic carbocycles. The zero-order valence-electron chi connectivity index (χ0n) is 11.7. The number of hydrogen-bond donors (Lipinski definition) is 3. The maximum absolute atomic E-state index is 9.15. The van der Waals surface area contributed by atoms with Gasteiger partial charge in [0.05, 0.1) is 6.20 Å². The summed E-state index contributed by atoms with van der Waals surface area (Å²) in [6, 6.07) is 0. The Kier molecular flexibility index (Phi) is 9.66. The largest absolute Gasteiger partial charge is 0.370 e. The molecule has 0 amide bonds. The van der Waals surface area contributed by atoms with Gasteiger partial charge in [-0.05, 0) is 32.4 Å². The summed E-state index contributed by atoms with van der Waals surface area (Å²) in [5.74, 6) is 0.913. The Balaban J connectivity index is 3.62. The Labute approximate surface area is 105 Å². The molecule has 102 valence electrons. The Morgan fingerprint density at radius 1 is 1.12 bits per heavy atom. The van der Waals surface area contributed by atoms with Gasteiger partial charge >= 0.3 is 0 Å². The van der Waals surface area contributed by atoms with Crippen molar-refractivity contribution in [2.24, 2.45) is 0 Å². The summed E-state index contributed by atoms with van der Waals surface area (Å²) in [5.41, 5.74) is 0. The fourth-order valence-electron chi connectivity index (χ4n) is 1.39. The minimum atomic E-state index is 0.913. The highest BCUT2D eigenvalue weighted by Crippen LogP contribution is 1.96. The van der Waals surface area contributed by atoms with Crippen molar-refractivity contribution in [3.63, 3.8) is 0 Å². The summed E-state index contributed by atoms with van der Waals surface area (Å²) in [6.45, 7) is 5.28. The summed E-state index contributed by atoms with van der Waals surface area (Å²) in [4.78, 5) is 1.95. The predicted octanol–water partition coefficient (Wildman–Crippen LogP) is 1.04. The lowest BCUT2D eigenvalue weighted by Gasteiger charge is -2.20. The van der Waals surface area contributed by atoms with Crippen molar-refractivity contribution in [2.45, 2.75) is 26.2 Å². The van der Waals surface area contributed by atoms with E-state index in [9.17, 15) is 0 Å². The van der Waals surface area contributed by atoms with Crippen LogP contribution in [0.1, 0.15) is 26.2 Å². The second-order valence-electron chi connectivity index (χ2n) is 4.37. The van der Waals surface area contributed by atoms with Crippen LogP contribution in [0, 0.1) is 0 Å². The van der Waals surface area contributed by atoms with Crippen LogP contribution in [0.5, 0.6) is 0 Å². The Bertz CT molecular complexity index is 205. The second-order valence-corrected chi connectivity index (χ2v) is 4.37. The standard InChI is InChI=1S/C12H28N4O/c1-5-8-13-9-6-7-10-14-12(15(2)3)11-16(4)17/h11,13-14,17H,5-10H2,1-4H3/b12-11-. The lowest BCUT2D eigenvalue weighted by molar-refractivity contribution is -0.0157. The van der Waals surface area contributed by atoms with Crippen molar-refractivity contribution in [1.29, 1.82) is 0 Å². The highest BCUT2D eigenvalue weighted by molar-refractivity contribution is 4.94. The van der Waals surface area contributed by atoms with Gasteiger partial charge in [-0.3, -0.25) is 10.3 Å². The molecule has 0 aliphatic heterocycles. The van der Waals surface area contributed by atoms with Crippen molar-refractivity contribution >= 4 is 0 Å². The van der Waals surface area contributed by atoms with Crippen molar-refractivity contribution in [3.8, 4) is 0 Å². The van der Waals surface area contributed by atoms with E-state index in [2.05, 4.69) is 17.6 Å². The van der Waals surface area contributed by atoms with Crippen molar-refractivity contribution in [2.75, 3.05) is 40.8 Å². The average molecular weight is 244 g/mol. The van der Waals surface area contributed by atoms with Gasteiger partial charge in [0.2, 0.25) is 0 Å². The molecule has 5 nitrogen and oxygen atoms in total. The van der Waals surface area contributed by atoms with Crippen LogP contribution in [0.4, 0.5) is 0 Å². The summed E-state index contributed by atoms with van der Waals surface area (Å²) in [7, 11) is 5.50. The van der Waals surface area contributed by atoms with Crippen LogP contribution in [0.15, 0.2) is 12.0 Å². The van der Waals surface area contributed by atoms with E-state index >= 15 is 0 Å². The van der Waals surface area contributed by atoms with Gasteiger partial charge in [-0.1, -0.05) is 6.92 Å². The quantitative estimate of drug-likeness (QED) is 0.396. The molecule has 0 saturated heterocycles. The van der Waals surface area contributed by atoms with Crippen molar-refractivity contribution in [3.05, 3.63) is 12.0 Å². The van der Waals surface area contributed by atoms with E-state index in [0.717, 1.165) is 36.9 Å². The van der Waals surface area contributed by atoms with E-state index in [-0.39, 0.29) is 0 Å². The first-order valence-electron chi connectivity index (χ1n) is 6.33. The molecule has 0 aliphatic carbocycles. The fourth-order valence-corrected chi connectivity index (χ4v) is 1.39. The third-order valence-electron chi connectivity index (χ3n) is 2.30. The van der Waals surface area contributed by atoms with Crippen LogP contribution < -0.4 is 10.6 Å². The van der Waals surface area contributed by atoms with Gasteiger partial charge in [0.1, 0.15) is 5.82 Å². The van der Waals surface area contributed by atoms with Gasteiger partial charge in [0.15, 0.2) is 0 Å². The highest BCUT2D eigenvalue weighted by atomic mass is 16.5. The van der Waals surface area contributed by atoms with Crippen LogP contribution >= 0.6 is 0 Å². The first kappa shape index (κ1) is 16.1. The summed E-state index contributed by atoms with van der Waals surface area (Å²) in [6.07, 6.45) is 5.14. The predicted molar refractivity (Wildman–Crippen MR) is 71.7 cm³/mol. The smallest absolute Gasteiger partial charge is 0.120 e. The zero-order valence-corrected chi connectivity index (χ0v) is 11.7. The van der Waals surface area contributed by atoms with Gasteiger partial charge in [0.25, 0.3) is 0 Å². The van der Waals surface area contributed by atoms with Crippen LogP contribution in [-0.4, -0.2) is 55.9 Å². The molecule has 17 heavy (non-hydrogen) atoms. The molecule has 0 aromatic heterocycles. The normalized spacial score (nSPS) is 11.5. The molecule has 0 aromatic rings. The van der Waals surface area contributed by atoms with E-state index in [4.69, 9.17) is 5.21 Å². The van der Waals surface area contributed by atoms with Crippen LogP contribution in [-0.2, 0) is 0 Å².